The second-order valence-corrected chi connectivity index (χ2v) is 6.22. The summed E-state index contributed by atoms with van der Waals surface area (Å²) in [6, 6.07) is 0. The van der Waals surface area contributed by atoms with E-state index in [1.807, 2.05) is 0 Å². The number of hydroxylamine groups is 1. The van der Waals surface area contributed by atoms with Crippen LogP contribution in [0.1, 0.15) is 103 Å². The van der Waals surface area contributed by atoms with Crippen LogP contribution in [0.2, 0.25) is 0 Å². The van der Waals surface area contributed by atoms with Crippen molar-refractivity contribution in [2.75, 3.05) is 0 Å². The van der Waals surface area contributed by atoms with Crippen LogP contribution in [0.5, 0.6) is 0 Å². The molecule has 0 saturated carbocycles. The fourth-order valence-corrected chi connectivity index (χ4v) is 2.67. The van der Waals surface area contributed by atoms with E-state index in [2.05, 4.69) is 12.0 Å². The van der Waals surface area contributed by atoms with E-state index in [1.165, 1.54) is 70.6 Å². The number of rotatable bonds is 16. The third-order valence-corrected chi connectivity index (χ3v) is 4.10. The molecule has 0 aliphatic heterocycles. The molecule has 0 aliphatic rings. The van der Waals surface area contributed by atoms with Gasteiger partial charge in [-0.3, -0.25) is 10.0 Å². The molecule has 1 amide bonds. The maximum Gasteiger partial charge on any atom is 0.269 e. The standard InChI is InChI=1S/C18H34N2O3/c1-2-3-4-5-6-7-8-9-10-11-12-13-14-15-16-18(22)20(23)19-17-21/h23H,2-16H2,1H3. The highest BCUT2D eigenvalue weighted by Gasteiger charge is 2.08. The van der Waals surface area contributed by atoms with Crippen LogP contribution in [0, 0.1) is 0 Å². The fourth-order valence-electron chi connectivity index (χ4n) is 2.67. The molecule has 23 heavy (non-hydrogen) atoms. The van der Waals surface area contributed by atoms with Crippen molar-refractivity contribution in [2.24, 2.45) is 5.10 Å². The molecular formula is C18H34N2O3. The first kappa shape index (κ1) is 21.8. The average Bonchev–Trinajstić information content (AvgIpc) is 2.55. The Kier molecular flexibility index (Phi) is 16.3. The molecule has 0 fully saturated rings. The number of hydrogen-bond acceptors (Lipinski definition) is 4. The summed E-state index contributed by atoms with van der Waals surface area (Å²) >= 11 is 0. The minimum Gasteiger partial charge on any atom is -0.270 e. The van der Waals surface area contributed by atoms with Crippen LogP contribution in [0.4, 0.5) is 0 Å². The van der Waals surface area contributed by atoms with Crippen molar-refractivity contribution in [2.45, 2.75) is 103 Å². The van der Waals surface area contributed by atoms with E-state index in [0.717, 1.165) is 25.3 Å². The zero-order valence-electron chi connectivity index (χ0n) is 14.8. The highest BCUT2D eigenvalue weighted by molar-refractivity contribution is 5.74. The van der Waals surface area contributed by atoms with Crippen molar-refractivity contribution >= 4 is 12.0 Å². The third kappa shape index (κ3) is 15.5. The zero-order chi connectivity index (χ0) is 17.2. The number of amides is 1. The molecule has 134 valence electrons. The van der Waals surface area contributed by atoms with Crippen LogP contribution < -0.4 is 0 Å². The fraction of sp³-hybridized carbons (Fsp3) is 0.889. The van der Waals surface area contributed by atoms with Gasteiger partial charge in [-0.2, -0.15) is 0 Å². The minimum atomic E-state index is -0.549. The number of carbonyl (C=O) groups excluding carboxylic acids is 2. The van der Waals surface area contributed by atoms with E-state index < -0.39 is 5.91 Å². The number of unbranched alkanes of at least 4 members (excludes halogenated alkanes) is 13. The van der Waals surface area contributed by atoms with E-state index >= 15 is 0 Å². The van der Waals surface area contributed by atoms with E-state index in [0.29, 0.717) is 0 Å². The molecule has 0 rings (SSSR count). The van der Waals surface area contributed by atoms with Gasteiger partial charge < -0.3 is 0 Å². The van der Waals surface area contributed by atoms with Crippen molar-refractivity contribution in [1.82, 2.24) is 5.17 Å². The normalized spacial score (nSPS) is 10.3. The molecule has 1 N–H and O–H groups in total. The number of isocyanates is 1. The van der Waals surface area contributed by atoms with Crippen molar-refractivity contribution in [1.29, 1.82) is 0 Å². The number of hydrogen-bond donors (Lipinski definition) is 1. The van der Waals surface area contributed by atoms with E-state index in [9.17, 15) is 9.59 Å². The monoisotopic (exact) mass is 326 g/mol. The summed E-state index contributed by atoms with van der Waals surface area (Å²) in [6.45, 7) is 2.25. The quantitative estimate of drug-likeness (QED) is 0.137. The molecule has 0 aliphatic carbocycles. The second kappa shape index (κ2) is 17.2. The molecule has 0 heterocycles. The highest BCUT2D eigenvalue weighted by Crippen LogP contribution is 2.13. The smallest absolute Gasteiger partial charge is 0.269 e. The Morgan fingerprint density at radius 3 is 1.61 bits per heavy atom. The van der Waals surface area contributed by atoms with E-state index in [4.69, 9.17) is 5.21 Å². The summed E-state index contributed by atoms with van der Waals surface area (Å²) in [4.78, 5) is 21.1. The van der Waals surface area contributed by atoms with Gasteiger partial charge in [-0.1, -0.05) is 101 Å². The Morgan fingerprint density at radius 2 is 1.22 bits per heavy atom. The van der Waals surface area contributed by atoms with Gasteiger partial charge in [0.2, 0.25) is 0 Å². The van der Waals surface area contributed by atoms with Crippen LogP contribution in [-0.4, -0.2) is 22.4 Å². The summed E-state index contributed by atoms with van der Waals surface area (Å²) in [5.41, 5.74) is 0. The van der Waals surface area contributed by atoms with Crippen LogP contribution in [0.15, 0.2) is 5.10 Å². The van der Waals surface area contributed by atoms with Gasteiger partial charge >= 0.3 is 0 Å². The highest BCUT2D eigenvalue weighted by atomic mass is 16.5. The van der Waals surface area contributed by atoms with Gasteiger partial charge in [0.25, 0.3) is 12.0 Å². The number of carbonyl (C=O) groups is 1. The Bertz CT molecular complexity index is 328. The summed E-state index contributed by atoms with van der Waals surface area (Å²) in [5, 5.41) is 11.9. The van der Waals surface area contributed by atoms with Crippen molar-refractivity contribution in [3.8, 4) is 0 Å². The van der Waals surface area contributed by atoms with E-state index in [-0.39, 0.29) is 11.6 Å². The molecular weight excluding hydrogens is 292 g/mol. The Labute approximate surface area is 141 Å². The predicted molar refractivity (Wildman–Crippen MR) is 91.7 cm³/mol. The van der Waals surface area contributed by atoms with Crippen LogP contribution in [0.25, 0.3) is 0 Å². The van der Waals surface area contributed by atoms with Crippen LogP contribution in [-0.2, 0) is 9.59 Å². The maximum absolute atomic E-state index is 11.3. The van der Waals surface area contributed by atoms with Gasteiger partial charge in [-0.05, 0) is 6.42 Å². The average molecular weight is 326 g/mol. The number of nitrogens with zero attached hydrogens (tertiary/aromatic N) is 2. The van der Waals surface area contributed by atoms with Crippen LogP contribution in [0.3, 0.4) is 0 Å². The maximum atomic E-state index is 11.3. The summed E-state index contributed by atoms with van der Waals surface area (Å²) in [5.74, 6) is -0.549. The van der Waals surface area contributed by atoms with Crippen molar-refractivity contribution < 1.29 is 14.8 Å². The molecule has 0 aromatic carbocycles. The summed E-state index contributed by atoms with van der Waals surface area (Å²) in [7, 11) is 0. The topological polar surface area (TPSA) is 70.0 Å². The zero-order valence-corrected chi connectivity index (χ0v) is 14.8. The van der Waals surface area contributed by atoms with Gasteiger partial charge in [0.15, 0.2) is 0 Å². The van der Waals surface area contributed by atoms with Crippen molar-refractivity contribution in [3.63, 3.8) is 0 Å². The van der Waals surface area contributed by atoms with Gasteiger partial charge in [0, 0.05) is 6.42 Å². The predicted octanol–water partition coefficient (Wildman–Crippen LogP) is 5.33. The molecule has 5 heteroatoms. The van der Waals surface area contributed by atoms with Gasteiger partial charge in [0.1, 0.15) is 0 Å². The lowest BCUT2D eigenvalue weighted by atomic mass is 10.0. The molecule has 0 unspecified atom stereocenters. The Balaban J connectivity index is 3.19. The summed E-state index contributed by atoms with van der Waals surface area (Å²) < 4.78 is 0. The lowest BCUT2D eigenvalue weighted by Crippen LogP contribution is -2.20. The molecule has 0 aromatic heterocycles. The van der Waals surface area contributed by atoms with Gasteiger partial charge in [0.05, 0.1) is 0 Å². The minimum absolute atomic E-state index is 0.0786. The molecule has 0 atom stereocenters. The Morgan fingerprint density at radius 1 is 0.826 bits per heavy atom. The molecule has 5 nitrogen and oxygen atoms in total. The van der Waals surface area contributed by atoms with Crippen molar-refractivity contribution in [3.05, 3.63) is 0 Å². The summed E-state index contributed by atoms with van der Waals surface area (Å²) in [6.07, 6.45) is 18.9. The van der Waals surface area contributed by atoms with Gasteiger partial charge in [-0.25, -0.2) is 4.79 Å². The molecule has 0 aromatic rings. The lowest BCUT2D eigenvalue weighted by Gasteiger charge is -2.06. The molecule has 0 saturated heterocycles. The largest absolute Gasteiger partial charge is 0.270 e. The molecule has 0 spiro atoms. The second-order valence-electron chi connectivity index (χ2n) is 6.22. The first-order chi connectivity index (χ1) is 11.2. The van der Waals surface area contributed by atoms with Gasteiger partial charge in [-0.15, -0.1) is 0 Å². The third-order valence-electron chi connectivity index (χ3n) is 4.10. The Hall–Kier alpha value is -1.19. The first-order valence-electron chi connectivity index (χ1n) is 9.32. The van der Waals surface area contributed by atoms with Crippen LogP contribution >= 0.6 is 0 Å². The molecule has 0 bridgehead atoms. The molecule has 0 radical (unpaired) electrons. The SMILES string of the molecule is CCCCCCCCCCCCCCCCC(=O)N(O)N=C=O. The van der Waals surface area contributed by atoms with E-state index in [1.54, 1.807) is 0 Å². The number of hydrazone groups is 1. The lowest BCUT2D eigenvalue weighted by molar-refractivity contribution is -0.165. The first-order valence-corrected chi connectivity index (χ1v) is 9.32.